The molecule has 1 aliphatic heterocycles. The number of benzene rings is 1. The van der Waals surface area contributed by atoms with Gasteiger partial charge in [0, 0.05) is 37.1 Å². The molecule has 7 nitrogen and oxygen atoms in total. The van der Waals surface area contributed by atoms with E-state index in [0.29, 0.717) is 55.5 Å². The van der Waals surface area contributed by atoms with Crippen molar-refractivity contribution in [2.24, 2.45) is 0 Å². The van der Waals surface area contributed by atoms with E-state index in [2.05, 4.69) is 9.97 Å². The summed E-state index contributed by atoms with van der Waals surface area (Å²) in [5, 5.41) is 0.548. The van der Waals surface area contributed by atoms with Gasteiger partial charge in [-0.3, -0.25) is 14.8 Å². The predicted molar refractivity (Wildman–Crippen MR) is 96.6 cm³/mol. The summed E-state index contributed by atoms with van der Waals surface area (Å²) in [5.41, 5.74) is 2.01. The second kappa shape index (κ2) is 7.13. The molecule has 7 heteroatoms. The van der Waals surface area contributed by atoms with E-state index in [-0.39, 0.29) is 5.43 Å². The van der Waals surface area contributed by atoms with Crippen LogP contribution in [0.1, 0.15) is 11.3 Å². The molecule has 3 aromatic rings. The molecular weight excluding hydrogens is 334 g/mol. The molecule has 0 N–H and O–H groups in total. The Balaban J connectivity index is 1.67. The third-order valence-electron chi connectivity index (χ3n) is 4.40. The number of aromatic nitrogens is 2. The summed E-state index contributed by atoms with van der Waals surface area (Å²) < 4.78 is 17.3. The Morgan fingerprint density at radius 2 is 2.08 bits per heavy atom. The lowest BCUT2D eigenvalue weighted by molar-refractivity contribution is 0.121. The van der Waals surface area contributed by atoms with E-state index in [0.717, 1.165) is 11.3 Å². The molecule has 134 valence electrons. The lowest BCUT2D eigenvalue weighted by Gasteiger charge is -2.27. The molecule has 0 aliphatic carbocycles. The van der Waals surface area contributed by atoms with Gasteiger partial charge in [-0.15, -0.1) is 0 Å². The summed E-state index contributed by atoms with van der Waals surface area (Å²) in [6.45, 7) is 4.85. The zero-order valence-corrected chi connectivity index (χ0v) is 14.5. The molecule has 0 radical (unpaired) electrons. The number of hydrogen-bond acceptors (Lipinski definition) is 7. The number of rotatable bonds is 4. The van der Waals surface area contributed by atoms with Gasteiger partial charge in [0.25, 0.3) is 0 Å². The predicted octanol–water partition coefficient (Wildman–Crippen LogP) is 2.31. The van der Waals surface area contributed by atoms with Gasteiger partial charge in [-0.25, -0.2) is 0 Å². The van der Waals surface area contributed by atoms with Crippen molar-refractivity contribution in [2.75, 3.05) is 31.2 Å². The summed E-state index contributed by atoms with van der Waals surface area (Å²) in [6, 6.07) is 5.08. The highest BCUT2D eigenvalue weighted by atomic mass is 16.5. The topological polar surface area (TPSA) is 77.7 Å². The molecule has 0 saturated carbocycles. The maximum Gasteiger partial charge on any atom is 0.200 e. The molecule has 26 heavy (non-hydrogen) atoms. The molecule has 4 rings (SSSR count). The molecule has 1 fully saturated rings. The number of hydrogen-bond donors (Lipinski definition) is 0. The first-order chi connectivity index (χ1) is 12.7. The Morgan fingerprint density at radius 1 is 1.23 bits per heavy atom. The van der Waals surface area contributed by atoms with Crippen molar-refractivity contribution in [1.82, 2.24) is 9.97 Å². The summed E-state index contributed by atoms with van der Waals surface area (Å²) in [4.78, 5) is 22.8. The van der Waals surface area contributed by atoms with Gasteiger partial charge in [0.05, 0.1) is 30.5 Å². The molecule has 0 atom stereocenters. The van der Waals surface area contributed by atoms with Gasteiger partial charge in [0.15, 0.2) is 11.3 Å². The molecule has 0 spiro atoms. The van der Waals surface area contributed by atoms with Crippen LogP contribution in [-0.4, -0.2) is 36.3 Å². The molecule has 1 aromatic carbocycles. The van der Waals surface area contributed by atoms with Crippen LogP contribution in [0, 0.1) is 6.92 Å². The number of nitrogens with zero attached hydrogens (tertiary/aromatic N) is 3. The average molecular weight is 353 g/mol. The fraction of sp³-hybridized carbons (Fsp3) is 0.316. The highest BCUT2D eigenvalue weighted by Gasteiger charge is 2.17. The molecule has 0 unspecified atom stereocenters. The summed E-state index contributed by atoms with van der Waals surface area (Å²) in [6.07, 6.45) is 4.90. The molecule has 0 bridgehead atoms. The van der Waals surface area contributed by atoms with Crippen LogP contribution in [-0.2, 0) is 11.3 Å². The quantitative estimate of drug-likeness (QED) is 0.712. The number of fused-ring (bicyclic) bond motifs is 1. The van der Waals surface area contributed by atoms with Crippen molar-refractivity contribution in [3.8, 4) is 5.75 Å². The van der Waals surface area contributed by atoms with E-state index >= 15 is 0 Å². The van der Waals surface area contributed by atoms with E-state index in [1.165, 1.54) is 0 Å². The van der Waals surface area contributed by atoms with Crippen LogP contribution in [0.25, 0.3) is 11.0 Å². The molecule has 1 aliphatic rings. The van der Waals surface area contributed by atoms with Crippen LogP contribution in [0.2, 0.25) is 0 Å². The van der Waals surface area contributed by atoms with Gasteiger partial charge in [-0.2, -0.15) is 0 Å². The Morgan fingerprint density at radius 3 is 2.85 bits per heavy atom. The fourth-order valence-corrected chi connectivity index (χ4v) is 2.98. The van der Waals surface area contributed by atoms with Crippen molar-refractivity contribution >= 4 is 16.9 Å². The minimum absolute atomic E-state index is 0.0590. The van der Waals surface area contributed by atoms with E-state index < -0.39 is 0 Å². The van der Waals surface area contributed by atoms with Crippen molar-refractivity contribution in [2.45, 2.75) is 13.5 Å². The maximum atomic E-state index is 12.5. The van der Waals surface area contributed by atoms with Gasteiger partial charge in [-0.1, -0.05) is 0 Å². The van der Waals surface area contributed by atoms with Crippen LogP contribution >= 0.6 is 0 Å². The minimum atomic E-state index is -0.0590. The van der Waals surface area contributed by atoms with Crippen molar-refractivity contribution in [3.63, 3.8) is 0 Å². The first-order valence-electron chi connectivity index (χ1n) is 8.50. The lowest BCUT2D eigenvalue weighted by Crippen LogP contribution is -2.36. The van der Waals surface area contributed by atoms with E-state index in [4.69, 9.17) is 13.9 Å². The summed E-state index contributed by atoms with van der Waals surface area (Å²) in [5.74, 6) is 1.23. The van der Waals surface area contributed by atoms with Crippen LogP contribution in [0.15, 0.2) is 46.0 Å². The Kier molecular flexibility index (Phi) is 4.53. The molecular formula is C19H19N3O4. The summed E-state index contributed by atoms with van der Waals surface area (Å²) >= 11 is 0. The Bertz CT molecular complexity index is 966. The normalized spacial score (nSPS) is 14.6. The van der Waals surface area contributed by atoms with Gasteiger partial charge in [-0.05, 0) is 19.1 Å². The van der Waals surface area contributed by atoms with E-state index in [1.54, 1.807) is 36.8 Å². The number of anilines is 1. The number of morpholine rings is 1. The fourth-order valence-electron chi connectivity index (χ4n) is 2.98. The largest absolute Gasteiger partial charge is 0.487 e. The first-order valence-corrected chi connectivity index (χ1v) is 8.50. The van der Waals surface area contributed by atoms with Gasteiger partial charge >= 0.3 is 0 Å². The van der Waals surface area contributed by atoms with Crippen LogP contribution in [0.3, 0.4) is 0 Å². The minimum Gasteiger partial charge on any atom is -0.487 e. The van der Waals surface area contributed by atoms with Crippen LogP contribution in [0.4, 0.5) is 5.88 Å². The van der Waals surface area contributed by atoms with Crippen molar-refractivity contribution in [1.29, 1.82) is 0 Å². The van der Waals surface area contributed by atoms with Crippen LogP contribution < -0.4 is 15.1 Å². The lowest BCUT2D eigenvalue weighted by atomic mass is 10.1. The van der Waals surface area contributed by atoms with E-state index in [9.17, 15) is 4.79 Å². The second-order valence-corrected chi connectivity index (χ2v) is 6.10. The molecule has 0 amide bonds. The first kappa shape index (κ1) is 16.5. The van der Waals surface area contributed by atoms with Crippen molar-refractivity contribution in [3.05, 3.63) is 58.3 Å². The number of aryl methyl sites for hydroxylation is 1. The summed E-state index contributed by atoms with van der Waals surface area (Å²) in [7, 11) is 0. The van der Waals surface area contributed by atoms with Crippen LogP contribution in [0.5, 0.6) is 5.75 Å². The Labute approximate surface area is 150 Å². The molecule has 1 saturated heterocycles. The SMILES string of the molecule is Cc1c(OCc2cnccn2)ccc2c(=O)cc(N3CCOCC3)oc12. The zero-order valence-electron chi connectivity index (χ0n) is 14.5. The van der Waals surface area contributed by atoms with Gasteiger partial charge in [0.1, 0.15) is 17.9 Å². The molecule has 3 heterocycles. The highest BCUT2D eigenvalue weighted by molar-refractivity contribution is 5.82. The smallest absolute Gasteiger partial charge is 0.200 e. The Hall–Kier alpha value is -2.93. The average Bonchev–Trinajstić information content (AvgIpc) is 2.69. The maximum absolute atomic E-state index is 12.5. The second-order valence-electron chi connectivity index (χ2n) is 6.10. The van der Waals surface area contributed by atoms with Gasteiger partial charge < -0.3 is 18.8 Å². The monoisotopic (exact) mass is 353 g/mol. The third-order valence-corrected chi connectivity index (χ3v) is 4.40. The zero-order chi connectivity index (χ0) is 17.9. The highest BCUT2D eigenvalue weighted by Crippen LogP contribution is 2.29. The standard InChI is InChI=1S/C19H19N3O4/c1-13-17(25-12-14-11-20-4-5-21-14)3-2-15-16(23)10-18(26-19(13)15)22-6-8-24-9-7-22/h2-5,10-11H,6-9,12H2,1H3. The van der Waals surface area contributed by atoms with Gasteiger partial charge in [0.2, 0.25) is 0 Å². The van der Waals surface area contributed by atoms with E-state index in [1.807, 2.05) is 11.8 Å². The third kappa shape index (κ3) is 3.25. The molecule has 2 aromatic heterocycles. The number of ether oxygens (including phenoxy) is 2. The van der Waals surface area contributed by atoms with Crippen molar-refractivity contribution < 1.29 is 13.9 Å².